The zero-order chi connectivity index (χ0) is 11.7. The first kappa shape index (κ1) is 13.9. The molecule has 0 aromatic heterocycles. The molecular weight excluding hydrogens is 214 g/mol. The molecule has 0 saturated heterocycles. The minimum atomic E-state index is -0.959. The molecule has 3 nitrogen and oxygen atoms in total. The number of rotatable bonds is 3. The Bertz CT molecular complexity index is 277. The summed E-state index contributed by atoms with van der Waals surface area (Å²) in [7, 11) is 0. The maximum absolute atomic E-state index is 10.4. The van der Waals surface area contributed by atoms with Crippen molar-refractivity contribution in [3.63, 3.8) is 0 Å². The van der Waals surface area contributed by atoms with Crippen molar-refractivity contribution in [2.45, 2.75) is 19.4 Å². The second kappa shape index (κ2) is 8.26. The van der Waals surface area contributed by atoms with Crippen molar-refractivity contribution in [3.8, 4) is 0 Å². The maximum atomic E-state index is 10.4. The molecule has 3 N–H and O–H groups in total. The van der Waals surface area contributed by atoms with E-state index in [1.165, 1.54) is 0 Å². The summed E-state index contributed by atoms with van der Waals surface area (Å²) < 4.78 is 0. The maximum Gasteiger partial charge on any atom is 0.320 e. The fraction of sp³-hybridized carbons (Fsp3) is 0.364. The van der Waals surface area contributed by atoms with Gasteiger partial charge in [-0.1, -0.05) is 37.3 Å². The molecule has 1 aromatic carbocycles. The van der Waals surface area contributed by atoms with E-state index < -0.39 is 12.0 Å². The van der Waals surface area contributed by atoms with Crippen molar-refractivity contribution < 1.29 is 9.90 Å². The third-order valence-electron chi connectivity index (χ3n) is 1.62. The van der Waals surface area contributed by atoms with Crippen molar-refractivity contribution >= 4 is 17.6 Å². The lowest BCUT2D eigenvalue weighted by molar-refractivity contribution is -0.138. The van der Waals surface area contributed by atoms with E-state index in [-0.39, 0.29) is 0 Å². The lowest BCUT2D eigenvalue weighted by Gasteiger charge is -2.04. The molecule has 1 rings (SSSR count). The van der Waals surface area contributed by atoms with Gasteiger partial charge in [-0.25, -0.2) is 0 Å². The van der Waals surface area contributed by atoms with Gasteiger partial charge in [0, 0.05) is 5.88 Å². The highest BCUT2D eigenvalue weighted by atomic mass is 35.5. The van der Waals surface area contributed by atoms with Gasteiger partial charge in [0.2, 0.25) is 0 Å². The lowest BCUT2D eigenvalue weighted by Crippen LogP contribution is -2.32. The minimum absolute atomic E-state index is 0.385. The van der Waals surface area contributed by atoms with Crippen LogP contribution in [-0.4, -0.2) is 23.0 Å². The number of halogens is 1. The summed E-state index contributed by atoms with van der Waals surface area (Å²) in [6.07, 6.45) is 0.385. The van der Waals surface area contributed by atoms with Gasteiger partial charge in [0.15, 0.2) is 0 Å². The van der Waals surface area contributed by atoms with Crippen LogP contribution in [0, 0.1) is 0 Å². The summed E-state index contributed by atoms with van der Waals surface area (Å²) in [6, 6.07) is 8.54. The summed E-state index contributed by atoms with van der Waals surface area (Å²) in [5.74, 6) is -0.237. The second-order valence-electron chi connectivity index (χ2n) is 2.90. The van der Waals surface area contributed by atoms with Gasteiger partial charge in [0.1, 0.15) is 6.04 Å². The average Bonchev–Trinajstić information content (AvgIpc) is 2.20. The van der Waals surface area contributed by atoms with Crippen molar-refractivity contribution in [1.82, 2.24) is 0 Å². The number of benzene rings is 1. The molecule has 0 saturated carbocycles. The van der Waals surface area contributed by atoms with Crippen LogP contribution >= 0.6 is 11.6 Å². The van der Waals surface area contributed by atoms with Crippen molar-refractivity contribution in [2.75, 3.05) is 5.88 Å². The first-order valence-corrected chi connectivity index (χ1v) is 5.23. The van der Waals surface area contributed by atoms with Crippen molar-refractivity contribution in [2.24, 2.45) is 5.73 Å². The summed E-state index contributed by atoms with van der Waals surface area (Å²) >= 11 is 5.00. The molecule has 0 fully saturated rings. The number of nitrogens with two attached hydrogens (primary N) is 1. The third kappa shape index (κ3) is 6.94. The summed E-state index contributed by atoms with van der Waals surface area (Å²) in [5.41, 5.74) is 6.30. The molecule has 84 valence electrons. The fourth-order valence-electron chi connectivity index (χ4n) is 0.955. The smallest absolute Gasteiger partial charge is 0.320 e. The number of carbonyl (C=O) groups is 1. The Morgan fingerprint density at radius 1 is 1.47 bits per heavy atom. The molecule has 1 atom stereocenters. The molecule has 4 heteroatoms. The summed E-state index contributed by atoms with van der Waals surface area (Å²) in [5, 5.41) is 8.52. The Morgan fingerprint density at radius 3 is 2.33 bits per heavy atom. The Hall–Kier alpha value is -1.06. The molecule has 0 aliphatic heterocycles. The molecule has 0 heterocycles. The Labute approximate surface area is 94.9 Å². The van der Waals surface area contributed by atoms with E-state index in [9.17, 15) is 4.79 Å². The first-order valence-electron chi connectivity index (χ1n) is 4.70. The Balaban J connectivity index is 0.000000583. The van der Waals surface area contributed by atoms with E-state index in [0.29, 0.717) is 6.42 Å². The zero-order valence-electron chi connectivity index (χ0n) is 8.69. The van der Waals surface area contributed by atoms with Crippen LogP contribution in [0.15, 0.2) is 30.3 Å². The zero-order valence-corrected chi connectivity index (χ0v) is 9.45. The highest BCUT2D eigenvalue weighted by Crippen LogP contribution is 2.01. The summed E-state index contributed by atoms with van der Waals surface area (Å²) in [4.78, 5) is 10.4. The van der Waals surface area contributed by atoms with Crippen LogP contribution in [0.2, 0.25) is 0 Å². The lowest BCUT2D eigenvalue weighted by atomic mass is 10.1. The van der Waals surface area contributed by atoms with E-state index in [0.717, 1.165) is 11.4 Å². The number of aliphatic carboxylic acids is 1. The van der Waals surface area contributed by atoms with Crippen LogP contribution in [-0.2, 0) is 11.2 Å². The Morgan fingerprint density at radius 2 is 1.93 bits per heavy atom. The fourth-order valence-corrected chi connectivity index (χ4v) is 0.955. The van der Waals surface area contributed by atoms with Crippen LogP contribution in [0.4, 0.5) is 0 Å². The van der Waals surface area contributed by atoms with Crippen LogP contribution in [0.1, 0.15) is 12.5 Å². The van der Waals surface area contributed by atoms with Crippen LogP contribution < -0.4 is 5.73 Å². The van der Waals surface area contributed by atoms with E-state index in [1.807, 2.05) is 37.3 Å². The second-order valence-corrected chi connectivity index (χ2v) is 3.44. The van der Waals surface area contributed by atoms with E-state index in [1.54, 1.807) is 0 Å². The van der Waals surface area contributed by atoms with Crippen molar-refractivity contribution in [3.05, 3.63) is 35.9 Å². The highest BCUT2D eigenvalue weighted by Gasteiger charge is 2.10. The van der Waals surface area contributed by atoms with Gasteiger partial charge < -0.3 is 10.8 Å². The van der Waals surface area contributed by atoms with Crippen LogP contribution in [0.3, 0.4) is 0 Å². The average molecular weight is 230 g/mol. The molecule has 0 aliphatic rings. The molecular formula is C11H16ClNO2. The third-order valence-corrected chi connectivity index (χ3v) is 1.62. The Kier molecular flexibility index (Phi) is 7.68. The van der Waals surface area contributed by atoms with E-state index in [2.05, 4.69) is 0 Å². The molecule has 0 amide bonds. The number of alkyl halides is 1. The molecule has 0 bridgehead atoms. The first-order chi connectivity index (χ1) is 7.11. The van der Waals surface area contributed by atoms with E-state index >= 15 is 0 Å². The highest BCUT2D eigenvalue weighted by molar-refractivity contribution is 6.17. The van der Waals surface area contributed by atoms with Gasteiger partial charge in [0.25, 0.3) is 0 Å². The number of hydrogen-bond donors (Lipinski definition) is 2. The molecule has 0 radical (unpaired) electrons. The van der Waals surface area contributed by atoms with Crippen LogP contribution in [0.5, 0.6) is 0 Å². The van der Waals surface area contributed by atoms with Crippen molar-refractivity contribution in [1.29, 1.82) is 0 Å². The largest absolute Gasteiger partial charge is 0.480 e. The van der Waals surface area contributed by atoms with Gasteiger partial charge in [-0.05, 0) is 12.0 Å². The predicted octanol–water partition coefficient (Wildman–Crippen LogP) is 1.89. The monoisotopic (exact) mass is 229 g/mol. The molecule has 1 aromatic rings. The van der Waals surface area contributed by atoms with Gasteiger partial charge in [-0.15, -0.1) is 11.6 Å². The molecule has 15 heavy (non-hydrogen) atoms. The number of hydrogen-bond acceptors (Lipinski definition) is 2. The van der Waals surface area contributed by atoms with Gasteiger partial charge >= 0.3 is 5.97 Å². The number of carboxylic acids is 1. The quantitative estimate of drug-likeness (QED) is 0.778. The normalized spacial score (nSPS) is 11.1. The standard InChI is InChI=1S/C9H11NO2.C2H5Cl/c10-8(9(11)12)6-7-4-2-1-3-5-7;1-2-3/h1-5,8H,6,10H2,(H,11,12);2H2,1H3/t8-;/m1./s1. The SMILES string of the molecule is CCCl.N[C@H](Cc1ccccc1)C(=O)O. The molecule has 0 unspecified atom stereocenters. The molecule has 0 aliphatic carbocycles. The van der Waals surface area contributed by atoms with Crippen LogP contribution in [0.25, 0.3) is 0 Å². The van der Waals surface area contributed by atoms with Gasteiger partial charge in [0.05, 0.1) is 0 Å². The van der Waals surface area contributed by atoms with Gasteiger partial charge in [-0.2, -0.15) is 0 Å². The van der Waals surface area contributed by atoms with E-state index in [4.69, 9.17) is 22.4 Å². The predicted molar refractivity (Wildman–Crippen MR) is 62.2 cm³/mol. The topological polar surface area (TPSA) is 63.3 Å². The van der Waals surface area contributed by atoms with Gasteiger partial charge in [-0.3, -0.25) is 4.79 Å². The molecule has 0 spiro atoms. The minimum Gasteiger partial charge on any atom is -0.480 e. The summed E-state index contributed by atoms with van der Waals surface area (Å²) in [6.45, 7) is 1.89. The number of carboxylic acid groups (broad SMARTS) is 1.